The lowest BCUT2D eigenvalue weighted by atomic mass is 9.94. The number of nitrogens with zero attached hydrogens (tertiary/aromatic N) is 3. The van der Waals surface area contributed by atoms with Crippen LogP contribution in [0, 0.1) is 0 Å². The van der Waals surface area contributed by atoms with Crippen LogP contribution in [0.3, 0.4) is 0 Å². The molecule has 2 aromatic rings. The first-order valence-electron chi connectivity index (χ1n) is 6.39. The molecule has 1 aliphatic carbocycles. The Labute approximate surface area is 101 Å². The Kier molecular flexibility index (Phi) is 2.67. The van der Waals surface area contributed by atoms with E-state index in [1.807, 2.05) is 18.5 Å². The van der Waals surface area contributed by atoms with Crippen molar-refractivity contribution >= 4 is 0 Å². The zero-order valence-corrected chi connectivity index (χ0v) is 10.2. The Balaban J connectivity index is 2.14. The van der Waals surface area contributed by atoms with Crippen LogP contribution >= 0.6 is 0 Å². The van der Waals surface area contributed by atoms with Crippen molar-refractivity contribution in [3.63, 3.8) is 0 Å². The molecule has 0 atom stereocenters. The Morgan fingerprint density at radius 3 is 2.94 bits per heavy atom. The minimum Gasteiger partial charge on any atom is -0.269 e. The lowest BCUT2D eigenvalue weighted by Gasteiger charge is -2.13. The van der Waals surface area contributed by atoms with E-state index < -0.39 is 0 Å². The molecule has 0 aromatic carbocycles. The molecule has 1 aliphatic rings. The molecular weight excluding hydrogens is 210 g/mol. The molecule has 0 amide bonds. The van der Waals surface area contributed by atoms with Crippen LogP contribution in [0.2, 0.25) is 0 Å². The fourth-order valence-corrected chi connectivity index (χ4v) is 2.67. The topological polar surface area (TPSA) is 30.7 Å². The van der Waals surface area contributed by atoms with Gasteiger partial charge in [-0.05, 0) is 44.7 Å². The Morgan fingerprint density at radius 2 is 2.18 bits per heavy atom. The summed E-state index contributed by atoms with van der Waals surface area (Å²) in [4.78, 5) is 4.20. The Bertz CT molecular complexity index is 514. The molecule has 0 N–H and O–H groups in total. The first-order chi connectivity index (χ1) is 8.40. The van der Waals surface area contributed by atoms with Gasteiger partial charge in [-0.1, -0.05) is 0 Å². The van der Waals surface area contributed by atoms with E-state index in [-0.39, 0.29) is 0 Å². The fourth-order valence-electron chi connectivity index (χ4n) is 2.67. The maximum atomic E-state index is 4.76. The third-order valence-corrected chi connectivity index (χ3v) is 3.49. The van der Waals surface area contributed by atoms with Crippen LogP contribution in [0.4, 0.5) is 0 Å². The van der Waals surface area contributed by atoms with Gasteiger partial charge in [0.15, 0.2) is 0 Å². The average molecular weight is 227 g/mol. The second-order valence-corrected chi connectivity index (χ2v) is 4.54. The van der Waals surface area contributed by atoms with E-state index in [1.54, 1.807) is 0 Å². The number of rotatable bonds is 2. The van der Waals surface area contributed by atoms with Crippen molar-refractivity contribution in [3.8, 4) is 11.3 Å². The van der Waals surface area contributed by atoms with E-state index >= 15 is 0 Å². The van der Waals surface area contributed by atoms with Gasteiger partial charge in [0.1, 0.15) is 0 Å². The van der Waals surface area contributed by atoms with Crippen molar-refractivity contribution in [3.05, 3.63) is 35.8 Å². The highest BCUT2D eigenvalue weighted by Crippen LogP contribution is 2.30. The van der Waals surface area contributed by atoms with Gasteiger partial charge < -0.3 is 0 Å². The maximum absolute atomic E-state index is 4.76. The molecule has 0 saturated carbocycles. The van der Waals surface area contributed by atoms with Gasteiger partial charge in [-0.25, -0.2) is 0 Å². The van der Waals surface area contributed by atoms with Crippen molar-refractivity contribution in [2.75, 3.05) is 0 Å². The van der Waals surface area contributed by atoms with Crippen LogP contribution in [0.25, 0.3) is 11.3 Å². The summed E-state index contributed by atoms with van der Waals surface area (Å²) in [7, 11) is 0. The van der Waals surface area contributed by atoms with Gasteiger partial charge in [-0.2, -0.15) is 5.10 Å². The predicted octanol–water partition coefficient (Wildman–Crippen LogP) is 2.84. The third kappa shape index (κ3) is 1.75. The highest BCUT2D eigenvalue weighted by atomic mass is 15.3. The lowest BCUT2D eigenvalue weighted by molar-refractivity contribution is 0.582. The molecule has 3 heteroatoms. The molecule has 0 radical (unpaired) electrons. The fraction of sp³-hybridized carbons (Fsp3) is 0.429. The first-order valence-corrected chi connectivity index (χ1v) is 6.39. The van der Waals surface area contributed by atoms with Gasteiger partial charge in [0, 0.05) is 35.8 Å². The largest absolute Gasteiger partial charge is 0.269 e. The Morgan fingerprint density at radius 1 is 1.29 bits per heavy atom. The standard InChI is InChI=1S/C14H17N3/c1-2-17-13-8-4-3-7-12(13)14(16-17)11-6-5-9-15-10-11/h5-6,9-10H,2-4,7-8H2,1H3. The summed E-state index contributed by atoms with van der Waals surface area (Å²) in [6.45, 7) is 3.12. The monoisotopic (exact) mass is 227 g/mol. The van der Waals surface area contributed by atoms with Crippen molar-refractivity contribution in [1.82, 2.24) is 14.8 Å². The average Bonchev–Trinajstić information content (AvgIpc) is 2.78. The minimum atomic E-state index is 0.961. The molecular formula is C14H17N3. The molecule has 3 rings (SSSR count). The summed E-state index contributed by atoms with van der Waals surface area (Å²) >= 11 is 0. The zero-order valence-electron chi connectivity index (χ0n) is 10.2. The van der Waals surface area contributed by atoms with E-state index in [2.05, 4.69) is 22.7 Å². The molecule has 2 heterocycles. The molecule has 0 saturated heterocycles. The number of aryl methyl sites for hydroxylation is 1. The van der Waals surface area contributed by atoms with Crippen LogP contribution in [0.1, 0.15) is 31.0 Å². The molecule has 2 aromatic heterocycles. The van der Waals surface area contributed by atoms with Gasteiger partial charge in [-0.3, -0.25) is 9.67 Å². The number of hydrogen-bond donors (Lipinski definition) is 0. The van der Waals surface area contributed by atoms with Gasteiger partial charge >= 0.3 is 0 Å². The highest BCUT2D eigenvalue weighted by molar-refractivity contribution is 5.63. The van der Waals surface area contributed by atoms with Crippen LogP contribution in [0.5, 0.6) is 0 Å². The van der Waals surface area contributed by atoms with Gasteiger partial charge in [0.2, 0.25) is 0 Å². The molecule has 0 aliphatic heterocycles. The van der Waals surface area contributed by atoms with Gasteiger partial charge in [-0.15, -0.1) is 0 Å². The van der Waals surface area contributed by atoms with Gasteiger partial charge in [0.05, 0.1) is 5.69 Å². The second kappa shape index (κ2) is 4.32. The third-order valence-electron chi connectivity index (χ3n) is 3.49. The summed E-state index contributed by atoms with van der Waals surface area (Å²) in [6, 6.07) is 4.08. The summed E-state index contributed by atoms with van der Waals surface area (Å²) in [6.07, 6.45) is 8.65. The molecule has 3 nitrogen and oxygen atoms in total. The number of pyridine rings is 1. The van der Waals surface area contributed by atoms with Gasteiger partial charge in [0.25, 0.3) is 0 Å². The molecule has 88 valence electrons. The quantitative estimate of drug-likeness (QED) is 0.789. The molecule has 17 heavy (non-hydrogen) atoms. The number of hydrogen-bond acceptors (Lipinski definition) is 2. The maximum Gasteiger partial charge on any atom is 0.0973 e. The van der Waals surface area contributed by atoms with E-state index in [4.69, 9.17) is 5.10 Å². The number of aromatic nitrogens is 3. The second-order valence-electron chi connectivity index (χ2n) is 4.54. The normalized spacial score (nSPS) is 14.6. The Hall–Kier alpha value is -1.64. The predicted molar refractivity (Wildman–Crippen MR) is 67.8 cm³/mol. The molecule has 0 spiro atoms. The van der Waals surface area contributed by atoms with E-state index in [0.29, 0.717) is 0 Å². The van der Waals surface area contributed by atoms with E-state index in [1.165, 1.54) is 36.9 Å². The molecule has 0 bridgehead atoms. The van der Waals surface area contributed by atoms with Crippen LogP contribution in [-0.2, 0) is 19.4 Å². The number of fused-ring (bicyclic) bond motifs is 1. The van der Waals surface area contributed by atoms with Crippen molar-refractivity contribution in [2.24, 2.45) is 0 Å². The van der Waals surface area contributed by atoms with Crippen molar-refractivity contribution in [2.45, 2.75) is 39.2 Å². The zero-order chi connectivity index (χ0) is 11.7. The van der Waals surface area contributed by atoms with Crippen LogP contribution in [0.15, 0.2) is 24.5 Å². The summed E-state index contributed by atoms with van der Waals surface area (Å²) < 4.78 is 2.16. The van der Waals surface area contributed by atoms with Crippen LogP contribution < -0.4 is 0 Å². The van der Waals surface area contributed by atoms with E-state index in [9.17, 15) is 0 Å². The van der Waals surface area contributed by atoms with Crippen molar-refractivity contribution < 1.29 is 0 Å². The minimum absolute atomic E-state index is 0.961. The molecule has 0 fully saturated rings. The summed E-state index contributed by atoms with van der Waals surface area (Å²) in [5, 5.41) is 4.76. The SMILES string of the molecule is CCn1nc(-c2cccnc2)c2c1CCCC2. The summed E-state index contributed by atoms with van der Waals surface area (Å²) in [5.41, 5.74) is 5.19. The highest BCUT2D eigenvalue weighted by Gasteiger charge is 2.20. The molecule has 0 unspecified atom stereocenters. The first kappa shape index (κ1) is 10.5. The van der Waals surface area contributed by atoms with E-state index in [0.717, 1.165) is 17.8 Å². The van der Waals surface area contributed by atoms with Crippen LogP contribution in [-0.4, -0.2) is 14.8 Å². The lowest BCUT2D eigenvalue weighted by Crippen LogP contribution is -2.07. The smallest absolute Gasteiger partial charge is 0.0973 e. The van der Waals surface area contributed by atoms with Crippen molar-refractivity contribution in [1.29, 1.82) is 0 Å². The summed E-state index contributed by atoms with van der Waals surface area (Å²) in [5.74, 6) is 0.